The normalized spacial score (nSPS) is 14.5. The van der Waals surface area contributed by atoms with Crippen molar-refractivity contribution in [2.75, 3.05) is 12.4 Å². The molecule has 42 heavy (non-hydrogen) atoms. The van der Waals surface area contributed by atoms with Gasteiger partial charge in [-0.25, -0.2) is 4.79 Å². The van der Waals surface area contributed by atoms with E-state index in [0.717, 1.165) is 33.8 Å². The Balaban J connectivity index is 2.39. The number of aliphatic hydroxyl groups is 1. The number of aromatic hydroxyl groups is 1. The monoisotopic (exact) mass is 618 g/mol. The molecule has 0 aliphatic carbocycles. The minimum absolute atomic E-state index is 0.0262. The van der Waals surface area contributed by atoms with Crippen LogP contribution in [0.15, 0.2) is 34.1 Å². The number of hydrogen-bond donors (Lipinski definition) is 3. The van der Waals surface area contributed by atoms with Crippen LogP contribution in [-0.4, -0.2) is 45.0 Å². The van der Waals surface area contributed by atoms with Crippen molar-refractivity contribution >= 4 is 29.5 Å². The molecule has 0 bridgehead atoms. The van der Waals surface area contributed by atoms with E-state index in [4.69, 9.17) is 9.84 Å². The lowest BCUT2D eigenvalue weighted by atomic mass is 9.79. The molecular formula is C35H54O5S2. The Hall–Kier alpha value is -1.83. The number of aliphatic carboxylic acids is 1. The van der Waals surface area contributed by atoms with E-state index in [2.05, 4.69) is 114 Å². The highest BCUT2D eigenvalue weighted by atomic mass is 32.2. The van der Waals surface area contributed by atoms with Gasteiger partial charge in [-0.05, 0) is 45.9 Å². The first-order valence-electron chi connectivity index (χ1n) is 14.8. The summed E-state index contributed by atoms with van der Waals surface area (Å²) in [5.41, 5.74) is 3.38. The average Bonchev–Trinajstić information content (AvgIpc) is 2.80. The Morgan fingerprint density at radius 3 is 1.55 bits per heavy atom. The zero-order valence-corrected chi connectivity index (χ0v) is 29.7. The maximum atomic E-state index is 11.1. The van der Waals surface area contributed by atoms with Gasteiger partial charge < -0.3 is 20.1 Å². The molecule has 2 rings (SSSR count). The van der Waals surface area contributed by atoms with Crippen LogP contribution in [0.3, 0.4) is 0 Å². The summed E-state index contributed by atoms with van der Waals surface area (Å²) in [4.78, 5) is 13.4. The predicted octanol–water partition coefficient (Wildman–Crippen LogP) is 9.07. The number of ether oxygens (including phenoxy) is 1. The lowest BCUT2D eigenvalue weighted by Crippen LogP contribution is -2.24. The van der Waals surface area contributed by atoms with Crippen LogP contribution >= 0.6 is 23.5 Å². The largest absolute Gasteiger partial charge is 0.507 e. The third-order valence-electron chi connectivity index (χ3n) is 7.12. The van der Waals surface area contributed by atoms with Crippen LogP contribution in [0.1, 0.15) is 119 Å². The van der Waals surface area contributed by atoms with Gasteiger partial charge >= 0.3 is 5.97 Å². The van der Waals surface area contributed by atoms with Crippen molar-refractivity contribution < 1.29 is 24.9 Å². The molecule has 2 atom stereocenters. The van der Waals surface area contributed by atoms with Crippen LogP contribution in [0.2, 0.25) is 0 Å². The van der Waals surface area contributed by atoms with Crippen LogP contribution in [0.5, 0.6) is 11.5 Å². The molecule has 2 aromatic carbocycles. The number of phenolic OH excluding ortho intramolecular Hbond substituents is 1. The highest BCUT2D eigenvalue weighted by Gasteiger charge is 2.30. The third-order valence-corrected chi connectivity index (χ3v) is 9.65. The van der Waals surface area contributed by atoms with Gasteiger partial charge in [-0.15, -0.1) is 23.5 Å². The molecular weight excluding hydrogens is 565 g/mol. The van der Waals surface area contributed by atoms with Crippen LogP contribution in [0.25, 0.3) is 0 Å². The summed E-state index contributed by atoms with van der Waals surface area (Å²) in [5.74, 6) is 0.864. The minimum atomic E-state index is -1.44. The lowest BCUT2D eigenvalue weighted by Gasteiger charge is -2.31. The summed E-state index contributed by atoms with van der Waals surface area (Å²) in [7, 11) is 0. The highest BCUT2D eigenvalue weighted by molar-refractivity contribution is 8.03. The first-order valence-corrected chi connectivity index (χ1v) is 16.7. The third kappa shape index (κ3) is 9.85. The molecule has 7 heteroatoms. The lowest BCUT2D eigenvalue weighted by molar-refractivity contribution is -0.147. The fourth-order valence-electron chi connectivity index (χ4n) is 4.65. The summed E-state index contributed by atoms with van der Waals surface area (Å²) in [6.07, 6.45) is -1.42. The van der Waals surface area contributed by atoms with Crippen molar-refractivity contribution in [3.8, 4) is 11.5 Å². The molecule has 0 spiro atoms. The van der Waals surface area contributed by atoms with E-state index in [9.17, 15) is 15.0 Å². The number of benzene rings is 2. The molecule has 0 amide bonds. The summed E-state index contributed by atoms with van der Waals surface area (Å²) >= 11 is 3.67. The van der Waals surface area contributed by atoms with Gasteiger partial charge in [-0.2, -0.15) is 0 Å². The maximum Gasteiger partial charge on any atom is 0.332 e. The zero-order chi connectivity index (χ0) is 32.4. The molecule has 0 aliphatic heterocycles. The second kappa shape index (κ2) is 13.4. The van der Waals surface area contributed by atoms with Crippen molar-refractivity contribution in [2.24, 2.45) is 0 Å². The molecule has 0 aliphatic rings. The Kier molecular flexibility index (Phi) is 11.6. The van der Waals surface area contributed by atoms with E-state index in [-0.39, 0.29) is 34.7 Å². The molecule has 0 saturated heterocycles. The quantitative estimate of drug-likeness (QED) is 0.229. The van der Waals surface area contributed by atoms with Crippen molar-refractivity contribution in [3.05, 3.63) is 46.5 Å². The summed E-state index contributed by atoms with van der Waals surface area (Å²) in [5, 5.41) is 30.3. The van der Waals surface area contributed by atoms with E-state index in [1.54, 1.807) is 0 Å². The number of hydrogen-bond acceptors (Lipinski definition) is 6. The average molecular weight is 619 g/mol. The van der Waals surface area contributed by atoms with Gasteiger partial charge in [-0.3, -0.25) is 0 Å². The number of thioether (sulfide) groups is 2. The number of phenols is 1. The van der Waals surface area contributed by atoms with E-state index in [0.29, 0.717) is 11.0 Å². The molecule has 236 valence electrons. The van der Waals surface area contributed by atoms with E-state index < -0.39 is 12.1 Å². The van der Waals surface area contributed by atoms with Gasteiger partial charge in [-0.1, -0.05) is 90.0 Å². The fourth-order valence-corrected chi connectivity index (χ4v) is 6.79. The number of carboxylic acid groups (broad SMARTS) is 1. The van der Waals surface area contributed by atoms with Gasteiger partial charge in [0.15, 0.2) is 6.10 Å². The Morgan fingerprint density at radius 1 is 0.762 bits per heavy atom. The van der Waals surface area contributed by atoms with Crippen LogP contribution in [0, 0.1) is 0 Å². The SMILES string of the molecule is CC(CSc1cc(C(C)(C)C)c(O)c(C(C)(C)C)c1)Sc1cc(C(C)(C)C)c(OCCC(O)C(=O)O)c(C(C)(C)C)c1. The van der Waals surface area contributed by atoms with Gasteiger partial charge in [0.1, 0.15) is 11.5 Å². The Morgan fingerprint density at radius 2 is 1.17 bits per heavy atom. The molecule has 2 aromatic rings. The van der Waals surface area contributed by atoms with Gasteiger partial charge in [0.25, 0.3) is 0 Å². The summed E-state index contributed by atoms with van der Waals surface area (Å²) in [6.45, 7) is 28.2. The van der Waals surface area contributed by atoms with Gasteiger partial charge in [0.2, 0.25) is 0 Å². The first kappa shape index (κ1) is 36.4. The molecule has 0 aromatic heterocycles. The Bertz CT molecular complexity index is 1170. The number of carboxylic acids is 1. The summed E-state index contributed by atoms with van der Waals surface area (Å²) < 4.78 is 6.24. The van der Waals surface area contributed by atoms with E-state index >= 15 is 0 Å². The Labute approximate surface area is 263 Å². The van der Waals surface area contributed by atoms with Crippen LogP contribution in [0.4, 0.5) is 0 Å². The van der Waals surface area contributed by atoms with Crippen LogP contribution in [-0.2, 0) is 26.5 Å². The second-order valence-electron chi connectivity index (χ2n) is 15.4. The van der Waals surface area contributed by atoms with Crippen molar-refractivity contribution in [2.45, 2.75) is 139 Å². The fraction of sp³-hybridized carbons (Fsp3) is 0.629. The topological polar surface area (TPSA) is 87.0 Å². The number of carbonyl (C=O) groups is 1. The second-order valence-corrected chi connectivity index (χ2v) is 18.1. The molecule has 0 fully saturated rings. The van der Waals surface area contributed by atoms with Crippen molar-refractivity contribution in [1.82, 2.24) is 0 Å². The first-order chi connectivity index (χ1) is 18.9. The van der Waals surface area contributed by atoms with E-state index in [1.165, 1.54) is 9.79 Å². The van der Waals surface area contributed by atoms with Crippen molar-refractivity contribution in [1.29, 1.82) is 0 Å². The van der Waals surface area contributed by atoms with E-state index in [1.807, 2.05) is 23.5 Å². The molecule has 0 radical (unpaired) electrons. The van der Waals surface area contributed by atoms with Gasteiger partial charge in [0.05, 0.1) is 6.61 Å². The summed E-state index contributed by atoms with van der Waals surface area (Å²) in [6, 6.07) is 8.71. The standard InChI is InChI=1S/C35H54O5S2/c1-21(20-41-22-16-24(32(2,3)4)29(37)25(17-22)33(5,6)7)42-23-18-26(34(8,9)10)30(27(19-23)35(11,12)13)40-15-14-28(36)31(38)39/h16-19,21,28,36-37H,14-15,20H2,1-13H3,(H,38,39). The maximum absolute atomic E-state index is 11.1. The number of aliphatic hydroxyl groups excluding tert-OH is 1. The number of rotatable bonds is 10. The molecule has 5 nitrogen and oxygen atoms in total. The molecule has 3 N–H and O–H groups in total. The molecule has 0 saturated carbocycles. The molecule has 0 heterocycles. The van der Waals surface area contributed by atoms with Crippen molar-refractivity contribution in [3.63, 3.8) is 0 Å². The van der Waals surface area contributed by atoms with Crippen LogP contribution < -0.4 is 4.74 Å². The minimum Gasteiger partial charge on any atom is -0.507 e. The predicted molar refractivity (Wildman–Crippen MR) is 179 cm³/mol. The highest BCUT2D eigenvalue weighted by Crippen LogP contribution is 2.45. The van der Waals surface area contributed by atoms with Gasteiger partial charge in [0, 0.05) is 49.5 Å². The zero-order valence-electron chi connectivity index (χ0n) is 28.1. The molecule has 2 unspecified atom stereocenters. The smallest absolute Gasteiger partial charge is 0.332 e.